The Morgan fingerprint density at radius 2 is 1.25 bits per heavy atom. The van der Waals surface area contributed by atoms with Crippen LogP contribution in [0.1, 0.15) is 29.6 Å². The van der Waals surface area contributed by atoms with E-state index < -0.39 is 0 Å². The lowest BCUT2D eigenvalue weighted by molar-refractivity contribution is 0.112. The zero-order valence-corrected chi connectivity index (χ0v) is 15.9. The standard InChI is InChI=1S/C26H23NO/c28-18-21-13-12-19-8-2-4-10-22(19)25(21)26-23-11-5-3-9-20(23)14-15-24(26)27-16-6-1-7-17-27/h2-5,8-15,18H,1,6-7,16-17H2. The first-order valence-corrected chi connectivity index (χ1v) is 10.1. The van der Waals surface area contributed by atoms with E-state index in [1.54, 1.807) is 0 Å². The summed E-state index contributed by atoms with van der Waals surface area (Å²) in [5.41, 5.74) is 4.26. The third kappa shape index (κ3) is 2.77. The number of nitrogens with zero attached hydrogens (tertiary/aromatic N) is 1. The molecular formula is C26H23NO. The third-order valence-corrected chi connectivity index (χ3v) is 5.94. The second-order valence-electron chi connectivity index (χ2n) is 7.60. The van der Waals surface area contributed by atoms with Gasteiger partial charge in [-0.15, -0.1) is 0 Å². The largest absolute Gasteiger partial charge is 0.371 e. The summed E-state index contributed by atoms with van der Waals surface area (Å²) in [5, 5.41) is 4.73. The number of fused-ring (bicyclic) bond motifs is 2. The van der Waals surface area contributed by atoms with Crippen LogP contribution in [0, 0.1) is 0 Å². The zero-order valence-electron chi connectivity index (χ0n) is 15.9. The van der Waals surface area contributed by atoms with E-state index in [1.807, 2.05) is 12.1 Å². The smallest absolute Gasteiger partial charge is 0.150 e. The van der Waals surface area contributed by atoms with E-state index in [0.29, 0.717) is 0 Å². The Balaban J connectivity index is 1.90. The van der Waals surface area contributed by atoms with Gasteiger partial charge in [0.2, 0.25) is 0 Å². The SMILES string of the molecule is O=Cc1ccc2ccccc2c1-c1c(N2CCCCC2)ccc2ccccc12. The molecule has 2 heteroatoms. The Morgan fingerprint density at radius 3 is 1.93 bits per heavy atom. The number of hydrogen-bond acceptors (Lipinski definition) is 2. The van der Waals surface area contributed by atoms with Crippen molar-refractivity contribution in [1.29, 1.82) is 0 Å². The van der Waals surface area contributed by atoms with Crippen LogP contribution < -0.4 is 4.90 Å². The van der Waals surface area contributed by atoms with Crippen molar-refractivity contribution >= 4 is 33.5 Å². The highest BCUT2D eigenvalue weighted by molar-refractivity contribution is 6.14. The lowest BCUT2D eigenvalue weighted by Gasteiger charge is -2.32. The van der Waals surface area contributed by atoms with Crippen LogP contribution in [0.4, 0.5) is 5.69 Å². The van der Waals surface area contributed by atoms with Gasteiger partial charge in [-0.25, -0.2) is 0 Å². The molecule has 138 valence electrons. The van der Waals surface area contributed by atoms with E-state index >= 15 is 0 Å². The van der Waals surface area contributed by atoms with Crippen molar-refractivity contribution in [3.8, 4) is 11.1 Å². The summed E-state index contributed by atoms with van der Waals surface area (Å²) < 4.78 is 0. The molecule has 2 nitrogen and oxygen atoms in total. The van der Waals surface area contributed by atoms with Crippen LogP contribution in [-0.4, -0.2) is 19.4 Å². The topological polar surface area (TPSA) is 20.3 Å². The van der Waals surface area contributed by atoms with Crippen LogP contribution in [0.25, 0.3) is 32.7 Å². The zero-order chi connectivity index (χ0) is 18.9. The molecule has 4 aromatic carbocycles. The van der Waals surface area contributed by atoms with E-state index in [2.05, 4.69) is 65.6 Å². The summed E-state index contributed by atoms with van der Waals surface area (Å²) in [5.74, 6) is 0. The lowest BCUT2D eigenvalue weighted by Crippen LogP contribution is -2.29. The van der Waals surface area contributed by atoms with Crippen LogP contribution in [0.5, 0.6) is 0 Å². The third-order valence-electron chi connectivity index (χ3n) is 5.94. The minimum atomic E-state index is 0.758. The normalized spacial score (nSPS) is 14.5. The quantitative estimate of drug-likeness (QED) is 0.388. The van der Waals surface area contributed by atoms with Gasteiger partial charge in [-0.3, -0.25) is 4.79 Å². The van der Waals surface area contributed by atoms with Gasteiger partial charge >= 0.3 is 0 Å². The first kappa shape index (κ1) is 17.0. The minimum Gasteiger partial charge on any atom is -0.371 e. The number of benzene rings is 4. The minimum absolute atomic E-state index is 0.758. The van der Waals surface area contributed by atoms with Gasteiger partial charge in [0.1, 0.15) is 0 Å². The molecule has 28 heavy (non-hydrogen) atoms. The number of hydrogen-bond donors (Lipinski definition) is 0. The van der Waals surface area contributed by atoms with Crippen molar-refractivity contribution in [2.24, 2.45) is 0 Å². The molecule has 4 aromatic rings. The molecule has 0 bridgehead atoms. The second kappa shape index (κ2) is 7.12. The number of carbonyl (C=O) groups is 1. The molecule has 0 atom stereocenters. The summed E-state index contributed by atoms with van der Waals surface area (Å²) in [6.07, 6.45) is 4.75. The highest BCUT2D eigenvalue weighted by atomic mass is 16.1. The maximum atomic E-state index is 12.1. The Kier molecular flexibility index (Phi) is 4.32. The van der Waals surface area contributed by atoms with Gasteiger partial charge in [-0.2, -0.15) is 0 Å². The fraction of sp³-hybridized carbons (Fsp3) is 0.192. The van der Waals surface area contributed by atoms with Crippen molar-refractivity contribution in [3.05, 3.63) is 78.4 Å². The van der Waals surface area contributed by atoms with Crippen molar-refractivity contribution in [3.63, 3.8) is 0 Å². The summed E-state index contributed by atoms with van der Waals surface area (Å²) >= 11 is 0. The van der Waals surface area contributed by atoms with Crippen LogP contribution in [0.3, 0.4) is 0 Å². The van der Waals surface area contributed by atoms with Crippen molar-refractivity contribution in [2.75, 3.05) is 18.0 Å². The first-order chi connectivity index (χ1) is 13.9. The van der Waals surface area contributed by atoms with E-state index in [4.69, 9.17) is 0 Å². The van der Waals surface area contributed by atoms with Crippen LogP contribution in [0.2, 0.25) is 0 Å². The van der Waals surface area contributed by atoms with E-state index in [9.17, 15) is 4.79 Å². The fourth-order valence-electron chi connectivity index (χ4n) is 4.59. The molecule has 1 saturated heterocycles. The molecule has 1 heterocycles. The average Bonchev–Trinajstić information content (AvgIpc) is 2.78. The number of rotatable bonds is 3. The van der Waals surface area contributed by atoms with Gasteiger partial charge in [-0.1, -0.05) is 66.7 Å². The van der Waals surface area contributed by atoms with Crippen molar-refractivity contribution in [1.82, 2.24) is 0 Å². The number of carbonyl (C=O) groups excluding carboxylic acids is 1. The highest BCUT2D eigenvalue weighted by Gasteiger charge is 2.21. The molecule has 1 aliphatic heterocycles. The average molecular weight is 365 g/mol. The molecule has 0 spiro atoms. The molecular weight excluding hydrogens is 342 g/mol. The Morgan fingerprint density at radius 1 is 0.643 bits per heavy atom. The molecule has 0 aromatic heterocycles. The van der Waals surface area contributed by atoms with Crippen LogP contribution in [0.15, 0.2) is 72.8 Å². The number of piperidine rings is 1. The molecule has 1 aliphatic rings. The Hall–Kier alpha value is -3.13. The summed E-state index contributed by atoms with van der Waals surface area (Å²) in [7, 11) is 0. The predicted molar refractivity (Wildman–Crippen MR) is 118 cm³/mol. The van der Waals surface area contributed by atoms with Crippen LogP contribution >= 0.6 is 0 Å². The molecule has 0 saturated carbocycles. The second-order valence-corrected chi connectivity index (χ2v) is 7.60. The van der Waals surface area contributed by atoms with E-state index in [1.165, 1.54) is 46.7 Å². The van der Waals surface area contributed by atoms with Crippen molar-refractivity contribution in [2.45, 2.75) is 19.3 Å². The summed E-state index contributed by atoms with van der Waals surface area (Å²) in [6.45, 7) is 2.15. The van der Waals surface area contributed by atoms with Gasteiger partial charge < -0.3 is 4.90 Å². The molecule has 0 aliphatic carbocycles. The Bertz CT molecular complexity index is 1170. The monoisotopic (exact) mass is 365 g/mol. The summed E-state index contributed by atoms with van der Waals surface area (Å²) in [4.78, 5) is 14.6. The number of aldehydes is 1. The maximum absolute atomic E-state index is 12.1. The molecule has 0 unspecified atom stereocenters. The first-order valence-electron chi connectivity index (χ1n) is 10.1. The highest BCUT2D eigenvalue weighted by Crippen LogP contribution is 2.43. The molecule has 0 N–H and O–H groups in total. The molecule has 1 fully saturated rings. The van der Waals surface area contributed by atoms with Gasteiger partial charge in [0.15, 0.2) is 6.29 Å². The van der Waals surface area contributed by atoms with Crippen molar-refractivity contribution < 1.29 is 4.79 Å². The van der Waals surface area contributed by atoms with Crippen LogP contribution in [-0.2, 0) is 0 Å². The summed E-state index contributed by atoms with van der Waals surface area (Å²) in [6, 6.07) is 25.4. The fourth-order valence-corrected chi connectivity index (χ4v) is 4.59. The predicted octanol–water partition coefficient (Wildman–Crippen LogP) is 6.46. The molecule has 5 rings (SSSR count). The van der Waals surface area contributed by atoms with Gasteiger partial charge in [0.25, 0.3) is 0 Å². The van der Waals surface area contributed by atoms with Gasteiger partial charge in [-0.05, 0) is 46.9 Å². The maximum Gasteiger partial charge on any atom is 0.150 e. The lowest BCUT2D eigenvalue weighted by atomic mass is 9.88. The Labute approximate surface area is 165 Å². The van der Waals surface area contributed by atoms with E-state index in [-0.39, 0.29) is 0 Å². The molecule has 0 amide bonds. The van der Waals surface area contributed by atoms with Gasteiger partial charge in [0, 0.05) is 35.5 Å². The van der Waals surface area contributed by atoms with E-state index in [0.717, 1.165) is 35.9 Å². The van der Waals surface area contributed by atoms with Gasteiger partial charge in [0.05, 0.1) is 0 Å². The molecule has 0 radical (unpaired) electrons. The number of anilines is 1.